The maximum absolute atomic E-state index is 13.3. The third kappa shape index (κ3) is 5.66. The SMILES string of the molecule is CC(C)[C@@H](NC(=O)c1cccc(-c2ccsc2)c1)C(=O)N1CCC(c2ccc(Cl)cc2)CC1. The van der Waals surface area contributed by atoms with Crippen LogP contribution in [0.4, 0.5) is 0 Å². The minimum Gasteiger partial charge on any atom is -0.341 e. The van der Waals surface area contributed by atoms with Gasteiger partial charge >= 0.3 is 0 Å². The molecule has 0 aliphatic carbocycles. The lowest BCUT2D eigenvalue weighted by atomic mass is 9.89. The first-order valence-electron chi connectivity index (χ1n) is 11.4. The van der Waals surface area contributed by atoms with Crippen molar-refractivity contribution in [1.82, 2.24) is 10.2 Å². The summed E-state index contributed by atoms with van der Waals surface area (Å²) in [7, 11) is 0. The molecule has 1 atom stereocenters. The van der Waals surface area contributed by atoms with Crippen molar-refractivity contribution in [3.63, 3.8) is 0 Å². The lowest BCUT2D eigenvalue weighted by Gasteiger charge is -2.35. The highest BCUT2D eigenvalue weighted by Gasteiger charge is 2.31. The second kappa shape index (κ2) is 10.5. The van der Waals surface area contributed by atoms with Gasteiger partial charge in [-0.25, -0.2) is 0 Å². The van der Waals surface area contributed by atoms with E-state index in [-0.39, 0.29) is 17.7 Å². The zero-order chi connectivity index (χ0) is 23.4. The number of carbonyl (C=O) groups excluding carboxylic acids is 2. The second-order valence-electron chi connectivity index (χ2n) is 8.94. The van der Waals surface area contributed by atoms with Crippen molar-refractivity contribution < 1.29 is 9.59 Å². The molecule has 3 aromatic rings. The Kier molecular flexibility index (Phi) is 7.51. The lowest BCUT2D eigenvalue weighted by Crippen LogP contribution is -2.52. The largest absolute Gasteiger partial charge is 0.341 e. The van der Waals surface area contributed by atoms with E-state index < -0.39 is 6.04 Å². The van der Waals surface area contributed by atoms with Gasteiger partial charge in [-0.05, 0) is 82.5 Å². The van der Waals surface area contributed by atoms with E-state index in [0.717, 1.165) is 29.0 Å². The minimum absolute atomic E-state index is 0.00175. The maximum atomic E-state index is 13.3. The monoisotopic (exact) mass is 480 g/mol. The number of likely N-dealkylation sites (tertiary alicyclic amines) is 1. The van der Waals surface area contributed by atoms with Gasteiger partial charge in [0.15, 0.2) is 0 Å². The molecule has 2 aromatic carbocycles. The Balaban J connectivity index is 1.40. The van der Waals surface area contributed by atoms with Crippen LogP contribution in [0.3, 0.4) is 0 Å². The molecule has 4 rings (SSSR count). The summed E-state index contributed by atoms with van der Waals surface area (Å²) in [5, 5.41) is 7.83. The molecule has 1 saturated heterocycles. The Morgan fingerprint density at radius 3 is 2.39 bits per heavy atom. The summed E-state index contributed by atoms with van der Waals surface area (Å²) in [6, 6.07) is 17.0. The van der Waals surface area contributed by atoms with E-state index in [0.29, 0.717) is 24.6 Å². The van der Waals surface area contributed by atoms with E-state index in [4.69, 9.17) is 11.6 Å². The number of hydrogen-bond donors (Lipinski definition) is 1. The van der Waals surface area contributed by atoms with E-state index in [1.807, 2.05) is 60.5 Å². The summed E-state index contributed by atoms with van der Waals surface area (Å²) >= 11 is 7.64. The molecule has 33 heavy (non-hydrogen) atoms. The van der Waals surface area contributed by atoms with Crippen LogP contribution in [0.25, 0.3) is 11.1 Å². The molecule has 0 bridgehead atoms. The van der Waals surface area contributed by atoms with Crippen LogP contribution in [0, 0.1) is 5.92 Å². The number of rotatable bonds is 6. The molecule has 2 amide bonds. The summed E-state index contributed by atoms with van der Waals surface area (Å²) in [5.74, 6) is 0.214. The van der Waals surface area contributed by atoms with E-state index >= 15 is 0 Å². The number of nitrogens with one attached hydrogen (secondary N) is 1. The highest BCUT2D eigenvalue weighted by molar-refractivity contribution is 7.08. The number of thiophene rings is 1. The Morgan fingerprint density at radius 2 is 1.76 bits per heavy atom. The van der Waals surface area contributed by atoms with Gasteiger partial charge in [0.2, 0.25) is 5.91 Å². The topological polar surface area (TPSA) is 49.4 Å². The van der Waals surface area contributed by atoms with Crippen molar-refractivity contribution in [3.05, 3.63) is 81.5 Å². The van der Waals surface area contributed by atoms with Crippen LogP contribution in [-0.4, -0.2) is 35.8 Å². The van der Waals surface area contributed by atoms with Gasteiger partial charge in [-0.2, -0.15) is 11.3 Å². The Labute approximate surface area is 204 Å². The minimum atomic E-state index is -0.547. The maximum Gasteiger partial charge on any atom is 0.251 e. The third-order valence-corrected chi connectivity index (χ3v) is 7.28. The second-order valence-corrected chi connectivity index (χ2v) is 10.2. The molecular formula is C27H29ClN2O2S. The fourth-order valence-electron chi connectivity index (χ4n) is 4.37. The average molecular weight is 481 g/mol. The van der Waals surface area contributed by atoms with Crippen molar-refractivity contribution in [2.75, 3.05) is 13.1 Å². The smallest absolute Gasteiger partial charge is 0.251 e. The Hall–Kier alpha value is -2.63. The lowest BCUT2D eigenvalue weighted by molar-refractivity contribution is -0.135. The third-order valence-electron chi connectivity index (χ3n) is 6.35. The van der Waals surface area contributed by atoms with Crippen molar-refractivity contribution in [2.24, 2.45) is 5.92 Å². The Morgan fingerprint density at radius 1 is 1.03 bits per heavy atom. The molecule has 172 valence electrons. The standard InChI is InChI=1S/C27H29ClN2O2S/c1-18(2)25(29-26(31)22-5-3-4-21(16-22)23-12-15-33-17-23)27(32)30-13-10-20(11-14-30)19-6-8-24(28)9-7-19/h3-9,12,15-18,20,25H,10-11,13-14H2,1-2H3,(H,29,31)/t25-/m1/s1. The van der Waals surface area contributed by atoms with Crippen molar-refractivity contribution in [1.29, 1.82) is 0 Å². The first-order chi connectivity index (χ1) is 15.9. The molecule has 1 aliphatic heterocycles. The van der Waals surface area contributed by atoms with Crippen LogP contribution in [0.1, 0.15) is 48.5 Å². The summed E-state index contributed by atoms with van der Waals surface area (Å²) < 4.78 is 0. The number of hydrogen-bond acceptors (Lipinski definition) is 3. The van der Waals surface area contributed by atoms with Crippen LogP contribution in [0.15, 0.2) is 65.4 Å². The molecule has 0 radical (unpaired) electrons. The molecule has 0 spiro atoms. The summed E-state index contributed by atoms with van der Waals surface area (Å²) in [5.41, 5.74) is 3.93. The van der Waals surface area contributed by atoms with Crippen molar-refractivity contribution in [3.8, 4) is 11.1 Å². The van der Waals surface area contributed by atoms with Crippen molar-refractivity contribution >= 4 is 34.8 Å². The van der Waals surface area contributed by atoms with Gasteiger partial charge in [0.1, 0.15) is 6.04 Å². The highest BCUT2D eigenvalue weighted by atomic mass is 35.5. The van der Waals surface area contributed by atoms with Gasteiger partial charge < -0.3 is 10.2 Å². The highest BCUT2D eigenvalue weighted by Crippen LogP contribution is 2.29. The molecule has 6 heteroatoms. The zero-order valence-electron chi connectivity index (χ0n) is 19.0. The van der Waals surface area contributed by atoms with Crippen LogP contribution >= 0.6 is 22.9 Å². The van der Waals surface area contributed by atoms with Crippen LogP contribution in [0.2, 0.25) is 5.02 Å². The molecule has 1 fully saturated rings. The van der Waals surface area contributed by atoms with Gasteiger partial charge in [0.05, 0.1) is 0 Å². The van der Waals surface area contributed by atoms with Gasteiger partial charge in [-0.3, -0.25) is 9.59 Å². The van der Waals surface area contributed by atoms with Gasteiger partial charge in [-0.15, -0.1) is 0 Å². The average Bonchev–Trinajstić information content (AvgIpc) is 3.38. The fourth-order valence-corrected chi connectivity index (χ4v) is 5.16. The molecule has 1 aromatic heterocycles. The molecule has 1 N–H and O–H groups in total. The fraction of sp³-hybridized carbons (Fsp3) is 0.333. The van der Waals surface area contributed by atoms with E-state index in [1.165, 1.54) is 5.56 Å². The van der Waals surface area contributed by atoms with Crippen LogP contribution in [-0.2, 0) is 4.79 Å². The number of carbonyl (C=O) groups is 2. The summed E-state index contributed by atoms with van der Waals surface area (Å²) in [4.78, 5) is 28.3. The zero-order valence-corrected chi connectivity index (χ0v) is 20.5. The quantitative estimate of drug-likeness (QED) is 0.454. The molecular weight excluding hydrogens is 452 g/mol. The van der Waals surface area contributed by atoms with Gasteiger partial charge in [0, 0.05) is 23.7 Å². The van der Waals surface area contributed by atoms with E-state index in [2.05, 4.69) is 22.8 Å². The predicted molar refractivity (Wildman–Crippen MR) is 136 cm³/mol. The van der Waals surface area contributed by atoms with Gasteiger partial charge in [0.25, 0.3) is 5.91 Å². The predicted octanol–water partition coefficient (Wildman–Crippen LogP) is 6.23. The summed E-state index contributed by atoms with van der Waals surface area (Å²) in [6.07, 6.45) is 1.82. The van der Waals surface area contributed by atoms with Gasteiger partial charge in [-0.1, -0.05) is 49.7 Å². The molecule has 1 aliphatic rings. The normalized spacial score (nSPS) is 15.5. The van der Waals surface area contributed by atoms with E-state index in [9.17, 15) is 9.59 Å². The molecule has 2 heterocycles. The summed E-state index contributed by atoms with van der Waals surface area (Å²) in [6.45, 7) is 5.34. The number of benzene rings is 2. The van der Waals surface area contributed by atoms with Crippen molar-refractivity contribution in [2.45, 2.75) is 38.6 Å². The van der Waals surface area contributed by atoms with E-state index in [1.54, 1.807) is 17.4 Å². The Bertz CT molecular complexity index is 1090. The van der Waals surface area contributed by atoms with Crippen LogP contribution < -0.4 is 5.32 Å². The number of amides is 2. The number of nitrogens with zero attached hydrogens (tertiary/aromatic N) is 1. The number of piperidine rings is 1. The van der Waals surface area contributed by atoms with Crippen LogP contribution in [0.5, 0.6) is 0 Å². The molecule has 0 unspecified atom stereocenters. The first-order valence-corrected chi connectivity index (χ1v) is 12.7. The molecule has 0 saturated carbocycles. The first kappa shape index (κ1) is 23.5. The number of halogens is 1. The molecule has 4 nitrogen and oxygen atoms in total.